The minimum atomic E-state index is -0.252. The molecular weight excluding hydrogens is 214 g/mol. The Morgan fingerprint density at radius 3 is 3.18 bits per heavy atom. The second kappa shape index (κ2) is 4.22. The van der Waals surface area contributed by atoms with E-state index in [1.807, 2.05) is 12.1 Å². The molecule has 2 heterocycles. The molecular formula is C13H15N3O. The van der Waals surface area contributed by atoms with Crippen molar-refractivity contribution < 1.29 is 4.74 Å². The first kappa shape index (κ1) is 10.4. The molecule has 1 aromatic carbocycles. The summed E-state index contributed by atoms with van der Waals surface area (Å²) in [6.07, 6.45) is 5.64. The average molecular weight is 229 g/mol. The van der Waals surface area contributed by atoms with Gasteiger partial charge in [-0.05, 0) is 18.4 Å². The van der Waals surface area contributed by atoms with Gasteiger partial charge in [0.15, 0.2) is 0 Å². The number of fused-ring (bicyclic) bond motifs is 1. The van der Waals surface area contributed by atoms with Gasteiger partial charge in [-0.3, -0.25) is 0 Å². The van der Waals surface area contributed by atoms with Crippen LogP contribution in [-0.4, -0.2) is 16.6 Å². The molecule has 0 amide bonds. The molecule has 1 atom stereocenters. The maximum atomic E-state index is 6.21. The van der Waals surface area contributed by atoms with Crippen LogP contribution < -0.4 is 10.5 Å². The minimum Gasteiger partial charge on any atom is -0.493 e. The highest BCUT2D eigenvalue weighted by atomic mass is 16.5. The van der Waals surface area contributed by atoms with Crippen LogP contribution in [0.3, 0.4) is 0 Å². The largest absolute Gasteiger partial charge is 0.493 e. The highest BCUT2D eigenvalue weighted by molar-refractivity contribution is 5.46. The lowest BCUT2D eigenvalue weighted by Crippen LogP contribution is -2.18. The molecule has 17 heavy (non-hydrogen) atoms. The van der Waals surface area contributed by atoms with Crippen LogP contribution in [0.2, 0.25) is 0 Å². The third-order valence-corrected chi connectivity index (χ3v) is 3.11. The van der Waals surface area contributed by atoms with Crippen LogP contribution in [0.15, 0.2) is 30.6 Å². The summed E-state index contributed by atoms with van der Waals surface area (Å²) < 4.78 is 5.75. The first-order chi connectivity index (χ1) is 8.36. The topological polar surface area (TPSA) is 63.9 Å². The summed E-state index contributed by atoms with van der Waals surface area (Å²) in [4.78, 5) is 7.26. The van der Waals surface area contributed by atoms with Crippen molar-refractivity contribution in [3.8, 4) is 5.75 Å². The Morgan fingerprint density at radius 2 is 2.35 bits per heavy atom. The lowest BCUT2D eigenvalue weighted by atomic mass is 9.98. The Morgan fingerprint density at radius 1 is 1.41 bits per heavy atom. The van der Waals surface area contributed by atoms with E-state index in [0.29, 0.717) is 0 Å². The lowest BCUT2D eigenvalue weighted by molar-refractivity contribution is 0.284. The summed E-state index contributed by atoms with van der Waals surface area (Å²) in [5.74, 6) is 1.72. The van der Waals surface area contributed by atoms with E-state index in [2.05, 4.69) is 16.0 Å². The molecule has 3 N–H and O–H groups in total. The molecule has 0 radical (unpaired) electrons. The fraction of sp³-hybridized carbons (Fsp3) is 0.308. The number of para-hydroxylation sites is 1. The Hall–Kier alpha value is -1.81. The van der Waals surface area contributed by atoms with E-state index in [4.69, 9.17) is 10.5 Å². The number of benzene rings is 1. The number of nitrogens with two attached hydrogens (primary N) is 1. The Kier molecular flexibility index (Phi) is 2.57. The number of H-pyrrole nitrogens is 1. The van der Waals surface area contributed by atoms with Crippen LogP contribution in [0.1, 0.15) is 29.4 Å². The smallest absolute Gasteiger partial charge is 0.127 e. The fourth-order valence-corrected chi connectivity index (χ4v) is 2.25. The Bertz CT molecular complexity index is 507. The van der Waals surface area contributed by atoms with Gasteiger partial charge in [-0.25, -0.2) is 4.98 Å². The summed E-state index contributed by atoms with van der Waals surface area (Å²) in [5.41, 5.74) is 8.47. The average Bonchev–Trinajstić information content (AvgIpc) is 2.91. The molecule has 1 aliphatic heterocycles. The second-order valence-electron chi connectivity index (χ2n) is 4.24. The van der Waals surface area contributed by atoms with Gasteiger partial charge in [-0.2, -0.15) is 0 Å². The molecule has 0 bridgehead atoms. The van der Waals surface area contributed by atoms with Crippen molar-refractivity contribution in [3.63, 3.8) is 0 Å². The van der Waals surface area contributed by atoms with Crippen LogP contribution in [0, 0.1) is 0 Å². The van der Waals surface area contributed by atoms with Crippen molar-refractivity contribution in [2.24, 2.45) is 5.73 Å². The summed E-state index contributed by atoms with van der Waals surface area (Å²) >= 11 is 0. The molecule has 4 nitrogen and oxygen atoms in total. The Balaban J connectivity index is 2.03. The van der Waals surface area contributed by atoms with Gasteiger partial charge < -0.3 is 15.5 Å². The zero-order chi connectivity index (χ0) is 11.7. The maximum absolute atomic E-state index is 6.21. The minimum absolute atomic E-state index is 0.252. The number of hydrogen-bond acceptors (Lipinski definition) is 3. The number of rotatable bonds is 2. The van der Waals surface area contributed by atoms with Crippen LogP contribution in [0.4, 0.5) is 0 Å². The van der Waals surface area contributed by atoms with Gasteiger partial charge >= 0.3 is 0 Å². The van der Waals surface area contributed by atoms with E-state index in [9.17, 15) is 0 Å². The maximum Gasteiger partial charge on any atom is 0.127 e. The number of hydrogen-bond donors (Lipinski definition) is 2. The standard InChI is InChI=1S/C13H15N3O/c14-11(13-15-6-7-16-13)10-5-1-3-9-4-2-8-17-12(9)10/h1,3,5-7,11H,2,4,8,14H2,(H,15,16). The molecule has 0 fully saturated rings. The van der Waals surface area contributed by atoms with Crippen LogP contribution in [0.5, 0.6) is 5.75 Å². The molecule has 3 rings (SSSR count). The van der Waals surface area contributed by atoms with Crippen molar-refractivity contribution in [2.45, 2.75) is 18.9 Å². The number of aromatic amines is 1. The van der Waals surface area contributed by atoms with Gasteiger partial charge in [0.05, 0.1) is 12.6 Å². The quantitative estimate of drug-likeness (QED) is 0.825. The molecule has 1 unspecified atom stereocenters. The van der Waals surface area contributed by atoms with Gasteiger partial charge in [-0.15, -0.1) is 0 Å². The molecule has 1 aromatic heterocycles. The predicted octanol–water partition coefficient (Wildman–Crippen LogP) is 1.78. The summed E-state index contributed by atoms with van der Waals surface area (Å²) in [6, 6.07) is 5.90. The zero-order valence-corrected chi connectivity index (χ0v) is 9.52. The van der Waals surface area contributed by atoms with Gasteiger partial charge in [0, 0.05) is 18.0 Å². The molecule has 2 aromatic rings. The third kappa shape index (κ3) is 1.80. The van der Waals surface area contributed by atoms with Crippen LogP contribution >= 0.6 is 0 Å². The summed E-state index contributed by atoms with van der Waals surface area (Å²) in [5, 5.41) is 0. The zero-order valence-electron chi connectivity index (χ0n) is 9.52. The van der Waals surface area contributed by atoms with Crippen molar-refractivity contribution in [1.29, 1.82) is 0 Å². The number of nitrogens with one attached hydrogen (secondary N) is 1. The molecule has 4 heteroatoms. The molecule has 88 valence electrons. The van der Waals surface area contributed by atoms with Crippen LogP contribution in [0.25, 0.3) is 0 Å². The molecule has 1 aliphatic rings. The predicted molar refractivity (Wildman–Crippen MR) is 64.9 cm³/mol. The van der Waals surface area contributed by atoms with E-state index in [1.54, 1.807) is 12.4 Å². The number of aryl methyl sites for hydroxylation is 1. The monoisotopic (exact) mass is 229 g/mol. The fourth-order valence-electron chi connectivity index (χ4n) is 2.25. The number of imidazole rings is 1. The molecule has 0 spiro atoms. The number of aromatic nitrogens is 2. The highest BCUT2D eigenvalue weighted by Crippen LogP contribution is 2.33. The van der Waals surface area contributed by atoms with Crippen LogP contribution in [-0.2, 0) is 6.42 Å². The van der Waals surface area contributed by atoms with Crippen molar-refractivity contribution >= 4 is 0 Å². The molecule has 0 saturated heterocycles. The van der Waals surface area contributed by atoms with Crippen molar-refractivity contribution in [2.75, 3.05) is 6.61 Å². The first-order valence-corrected chi connectivity index (χ1v) is 5.85. The number of nitrogens with zero attached hydrogens (tertiary/aromatic N) is 1. The lowest BCUT2D eigenvalue weighted by Gasteiger charge is -2.22. The first-order valence-electron chi connectivity index (χ1n) is 5.85. The van der Waals surface area contributed by atoms with Gasteiger partial charge in [-0.1, -0.05) is 18.2 Å². The summed E-state index contributed by atoms with van der Waals surface area (Å²) in [7, 11) is 0. The van der Waals surface area contributed by atoms with Gasteiger partial charge in [0.25, 0.3) is 0 Å². The van der Waals surface area contributed by atoms with E-state index < -0.39 is 0 Å². The number of ether oxygens (including phenoxy) is 1. The van der Waals surface area contributed by atoms with E-state index in [-0.39, 0.29) is 6.04 Å². The normalized spacial score (nSPS) is 16.1. The molecule has 0 aliphatic carbocycles. The van der Waals surface area contributed by atoms with Crippen molar-refractivity contribution in [3.05, 3.63) is 47.5 Å². The molecule has 0 saturated carbocycles. The third-order valence-electron chi connectivity index (χ3n) is 3.11. The van der Waals surface area contributed by atoms with E-state index in [0.717, 1.165) is 36.6 Å². The van der Waals surface area contributed by atoms with Gasteiger partial charge in [0.1, 0.15) is 11.6 Å². The summed E-state index contributed by atoms with van der Waals surface area (Å²) in [6.45, 7) is 0.773. The van der Waals surface area contributed by atoms with Crippen molar-refractivity contribution in [1.82, 2.24) is 9.97 Å². The van der Waals surface area contributed by atoms with E-state index >= 15 is 0 Å². The Labute approximate surface area is 99.8 Å². The SMILES string of the molecule is NC(c1ncc[nH]1)c1cccc2c1OCCC2. The van der Waals surface area contributed by atoms with E-state index in [1.165, 1.54) is 5.56 Å². The highest BCUT2D eigenvalue weighted by Gasteiger charge is 2.20. The van der Waals surface area contributed by atoms with Gasteiger partial charge in [0.2, 0.25) is 0 Å². The second-order valence-corrected chi connectivity index (χ2v) is 4.24.